The molecule has 0 bridgehead atoms. The van der Waals surface area contributed by atoms with Crippen LogP contribution in [-0.2, 0) is 9.53 Å². The Morgan fingerprint density at radius 3 is 2.91 bits per heavy atom. The minimum Gasteiger partial charge on any atom is -0.465 e. The molecule has 1 atom stereocenters. The second-order valence-corrected chi connectivity index (χ2v) is 6.93. The fourth-order valence-electron chi connectivity index (χ4n) is 2.14. The van der Waals surface area contributed by atoms with Gasteiger partial charge in [0.25, 0.3) is 0 Å². The average molecular weight is 359 g/mol. The molecule has 130 valence electrons. The Kier molecular flexibility index (Phi) is 10.1. The molecule has 1 unspecified atom stereocenters. The number of unbranched alkanes of at least 4 members (excludes halogenated alkanes) is 1. The van der Waals surface area contributed by atoms with Crippen molar-refractivity contribution in [2.45, 2.75) is 50.8 Å². The molecule has 1 rings (SSSR count). The lowest BCUT2D eigenvalue weighted by Crippen LogP contribution is -2.14. The molecule has 0 spiro atoms. The highest BCUT2D eigenvalue weighted by molar-refractivity contribution is 7.99. The van der Waals surface area contributed by atoms with Gasteiger partial charge in [-0.1, -0.05) is 44.7 Å². The minimum absolute atomic E-state index is 0.133. The van der Waals surface area contributed by atoms with Gasteiger partial charge in [-0.05, 0) is 18.4 Å². The van der Waals surface area contributed by atoms with Crippen LogP contribution < -0.4 is 5.32 Å². The third-order valence-corrected chi connectivity index (χ3v) is 5.23. The van der Waals surface area contributed by atoms with Crippen molar-refractivity contribution in [2.24, 2.45) is 5.92 Å². The highest BCUT2D eigenvalue weighted by atomic mass is 35.5. The number of pyridine rings is 1. The van der Waals surface area contributed by atoms with Crippen molar-refractivity contribution in [1.82, 2.24) is 4.98 Å². The van der Waals surface area contributed by atoms with Crippen molar-refractivity contribution in [3.8, 4) is 0 Å². The zero-order valence-corrected chi connectivity index (χ0v) is 15.8. The van der Waals surface area contributed by atoms with Gasteiger partial charge in [0, 0.05) is 23.9 Å². The normalized spacial score (nSPS) is 12.0. The number of aromatic nitrogens is 1. The van der Waals surface area contributed by atoms with E-state index >= 15 is 0 Å². The van der Waals surface area contributed by atoms with E-state index in [-0.39, 0.29) is 5.97 Å². The molecule has 6 heteroatoms. The van der Waals surface area contributed by atoms with Crippen LogP contribution in [0.1, 0.15) is 46.0 Å². The summed E-state index contributed by atoms with van der Waals surface area (Å²) in [5, 5.41) is 3.54. The molecule has 0 amide bonds. The van der Waals surface area contributed by atoms with Crippen LogP contribution in [0.4, 0.5) is 5.82 Å². The van der Waals surface area contributed by atoms with Crippen LogP contribution in [0.2, 0.25) is 5.02 Å². The van der Waals surface area contributed by atoms with Gasteiger partial charge >= 0.3 is 5.97 Å². The van der Waals surface area contributed by atoms with Gasteiger partial charge in [-0.3, -0.25) is 4.79 Å². The smallest absolute Gasteiger partial charge is 0.306 e. The molecule has 1 heterocycles. The average Bonchev–Trinajstić information content (AvgIpc) is 2.56. The number of hydrogen-bond donors (Lipinski definition) is 1. The van der Waals surface area contributed by atoms with Crippen LogP contribution in [0.3, 0.4) is 0 Å². The lowest BCUT2D eigenvalue weighted by atomic mass is 10.0. The third-order valence-electron chi connectivity index (χ3n) is 3.68. The van der Waals surface area contributed by atoms with E-state index in [0.29, 0.717) is 35.5 Å². The number of rotatable bonds is 11. The molecule has 0 saturated heterocycles. The van der Waals surface area contributed by atoms with E-state index in [1.165, 1.54) is 12.8 Å². The molecule has 1 aromatic heterocycles. The fourth-order valence-corrected chi connectivity index (χ4v) is 3.38. The quantitative estimate of drug-likeness (QED) is 0.444. The van der Waals surface area contributed by atoms with Crippen molar-refractivity contribution < 1.29 is 9.53 Å². The van der Waals surface area contributed by atoms with Gasteiger partial charge in [0.1, 0.15) is 5.82 Å². The molecular weight excluding hydrogens is 332 g/mol. The van der Waals surface area contributed by atoms with Gasteiger partial charge in [-0.25, -0.2) is 4.98 Å². The number of anilines is 1. The van der Waals surface area contributed by atoms with E-state index in [1.807, 2.05) is 6.07 Å². The number of esters is 1. The first-order valence-corrected chi connectivity index (χ1v) is 9.59. The van der Waals surface area contributed by atoms with E-state index in [1.54, 1.807) is 25.0 Å². The fraction of sp³-hybridized carbons (Fsp3) is 0.647. The Balaban J connectivity index is 2.31. The summed E-state index contributed by atoms with van der Waals surface area (Å²) in [4.78, 5) is 16.9. The first-order valence-electron chi connectivity index (χ1n) is 8.23. The highest BCUT2D eigenvalue weighted by Crippen LogP contribution is 2.31. The summed E-state index contributed by atoms with van der Waals surface area (Å²) >= 11 is 7.78. The summed E-state index contributed by atoms with van der Waals surface area (Å²) in [6, 6.07) is 1.86. The molecule has 0 fully saturated rings. The summed E-state index contributed by atoms with van der Waals surface area (Å²) in [6.07, 6.45) is 6.67. The predicted octanol–water partition coefficient (Wildman–Crippen LogP) is 5.02. The van der Waals surface area contributed by atoms with Crippen LogP contribution in [-0.4, -0.2) is 30.4 Å². The minimum atomic E-state index is -0.133. The van der Waals surface area contributed by atoms with Crippen molar-refractivity contribution in [3.63, 3.8) is 0 Å². The molecule has 4 nitrogen and oxygen atoms in total. The maximum absolute atomic E-state index is 11.8. The Bertz CT molecular complexity index is 486. The zero-order valence-electron chi connectivity index (χ0n) is 14.2. The van der Waals surface area contributed by atoms with Crippen LogP contribution >= 0.6 is 23.4 Å². The van der Waals surface area contributed by atoms with Crippen molar-refractivity contribution in [1.29, 1.82) is 0 Å². The van der Waals surface area contributed by atoms with E-state index in [2.05, 4.69) is 24.1 Å². The van der Waals surface area contributed by atoms with E-state index in [9.17, 15) is 4.79 Å². The Labute approximate surface area is 148 Å². The number of carbonyl (C=O) groups is 1. The zero-order chi connectivity index (χ0) is 17.1. The van der Waals surface area contributed by atoms with Crippen LogP contribution in [0, 0.1) is 5.92 Å². The van der Waals surface area contributed by atoms with Gasteiger partial charge in [-0.2, -0.15) is 0 Å². The largest absolute Gasteiger partial charge is 0.465 e. The Hall–Kier alpha value is -0.940. The number of carbonyl (C=O) groups excluding carboxylic acids is 1. The summed E-state index contributed by atoms with van der Waals surface area (Å²) in [5.74, 6) is 1.66. The molecule has 0 radical (unpaired) electrons. The SMILES string of the molecule is CCCCC(CC)COC(=O)CCSc1ccnc(NC)c1Cl. The van der Waals surface area contributed by atoms with Gasteiger partial charge in [0.05, 0.1) is 18.1 Å². The monoisotopic (exact) mass is 358 g/mol. The third kappa shape index (κ3) is 7.44. The lowest BCUT2D eigenvalue weighted by Gasteiger charge is -2.14. The van der Waals surface area contributed by atoms with Crippen LogP contribution in [0.15, 0.2) is 17.2 Å². The number of nitrogens with zero attached hydrogens (tertiary/aromatic N) is 1. The molecule has 23 heavy (non-hydrogen) atoms. The number of hydrogen-bond acceptors (Lipinski definition) is 5. The second-order valence-electron chi connectivity index (χ2n) is 5.42. The van der Waals surface area contributed by atoms with E-state index < -0.39 is 0 Å². The summed E-state index contributed by atoms with van der Waals surface area (Å²) in [6.45, 7) is 4.87. The van der Waals surface area contributed by atoms with Crippen LogP contribution in [0.25, 0.3) is 0 Å². The predicted molar refractivity (Wildman–Crippen MR) is 98.4 cm³/mol. The maximum Gasteiger partial charge on any atom is 0.306 e. The molecule has 0 aliphatic heterocycles. The van der Waals surface area contributed by atoms with Crippen molar-refractivity contribution in [2.75, 3.05) is 24.7 Å². The second kappa shape index (κ2) is 11.6. The molecular formula is C17H27ClN2O2S. The standard InChI is InChI=1S/C17H27ClN2O2S/c1-4-6-7-13(5-2)12-22-15(21)9-11-23-14-8-10-20-17(19-3)16(14)18/h8,10,13H,4-7,9,11-12H2,1-3H3,(H,19,20). The van der Waals surface area contributed by atoms with Gasteiger partial charge in [0.2, 0.25) is 0 Å². The first-order chi connectivity index (χ1) is 11.1. The van der Waals surface area contributed by atoms with Crippen molar-refractivity contribution in [3.05, 3.63) is 17.3 Å². The molecule has 0 saturated carbocycles. The summed E-state index contributed by atoms with van der Waals surface area (Å²) in [7, 11) is 1.78. The number of ether oxygens (including phenoxy) is 1. The molecule has 0 aromatic carbocycles. The molecule has 1 aromatic rings. The number of nitrogens with one attached hydrogen (secondary N) is 1. The number of thioether (sulfide) groups is 1. The van der Waals surface area contributed by atoms with Gasteiger partial charge in [0.15, 0.2) is 0 Å². The van der Waals surface area contributed by atoms with Gasteiger partial charge < -0.3 is 10.1 Å². The van der Waals surface area contributed by atoms with E-state index in [4.69, 9.17) is 16.3 Å². The molecule has 0 aliphatic carbocycles. The summed E-state index contributed by atoms with van der Waals surface area (Å²) in [5.41, 5.74) is 0. The molecule has 1 N–H and O–H groups in total. The summed E-state index contributed by atoms with van der Waals surface area (Å²) < 4.78 is 5.40. The highest BCUT2D eigenvalue weighted by Gasteiger charge is 2.11. The first kappa shape index (κ1) is 20.1. The van der Waals surface area contributed by atoms with Crippen molar-refractivity contribution >= 4 is 35.1 Å². The van der Waals surface area contributed by atoms with Gasteiger partial charge in [-0.15, -0.1) is 11.8 Å². The number of halogens is 1. The molecule has 0 aliphatic rings. The maximum atomic E-state index is 11.8. The van der Waals surface area contributed by atoms with E-state index in [0.717, 1.165) is 17.7 Å². The van der Waals surface area contributed by atoms with Crippen LogP contribution in [0.5, 0.6) is 0 Å². The Morgan fingerprint density at radius 2 is 2.26 bits per heavy atom. The lowest BCUT2D eigenvalue weighted by molar-refractivity contribution is -0.144. The topological polar surface area (TPSA) is 51.2 Å². The Morgan fingerprint density at radius 1 is 1.48 bits per heavy atom.